The average Bonchev–Trinajstić information content (AvgIpc) is 2.72. The van der Waals surface area contributed by atoms with Gasteiger partial charge in [0, 0.05) is 22.1 Å². The molecule has 0 spiro atoms. The summed E-state index contributed by atoms with van der Waals surface area (Å²) in [7, 11) is -3.79. The number of amides is 2. The number of benzene rings is 2. The van der Waals surface area contributed by atoms with Crippen molar-refractivity contribution in [1.29, 1.82) is 0 Å². The van der Waals surface area contributed by atoms with Crippen LogP contribution in [0.2, 0.25) is 10.0 Å². The van der Waals surface area contributed by atoms with Gasteiger partial charge in [0.15, 0.2) is 0 Å². The highest BCUT2D eigenvalue weighted by Crippen LogP contribution is 2.25. The van der Waals surface area contributed by atoms with Crippen molar-refractivity contribution in [1.82, 2.24) is 10.2 Å². The zero-order chi connectivity index (χ0) is 26.6. The van der Waals surface area contributed by atoms with E-state index in [-0.39, 0.29) is 12.5 Å². The van der Waals surface area contributed by atoms with E-state index < -0.39 is 34.1 Å². The van der Waals surface area contributed by atoms with E-state index in [2.05, 4.69) is 5.32 Å². The van der Waals surface area contributed by atoms with E-state index >= 15 is 0 Å². The van der Waals surface area contributed by atoms with Gasteiger partial charge in [-0.3, -0.25) is 13.9 Å². The van der Waals surface area contributed by atoms with Crippen molar-refractivity contribution in [3.63, 3.8) is 0 Å². The van der Waals surface area contributed by atoms with Crippen LogP contribution < -0.4 is 9.62 Å². The number of carbonyl (C=O) groups excluding carboxylic acids is 2. The SMILES string of the molecule is CC[C@@H](C(=O)NC(C)(C)C)N(Cc1ccc(Cl)cc1Cl)C(=O)CN(c1ccc(C)cc1)S(C)(=O)=O. The normalized spacial score (nSPS) is 12.7. The van der Waals surface area contributed by atoms with E-state index in [0.29, 0.717) is 27.7 Å². The van der Waals surface area contributed by atoms with Crippen LogP contribution in [0.25, 0.3) is 0 Å². The molecule has 1 atom stereocenters. The molecule has 0 fully saturated rings. The number of nitrogens with one attached hydrogen (secondary N) is 1. The lowest BCUT2D eigenvalue weighted by Crippen LogP contribution is -2.55. The van der Waals surface area contributed by atoms with Crippen LogP contribution in [-0.2, 0) is 26.2 Å². The van der Waals surface area contributed by atoms with Gasteiger partial charge in [-0.15, -0.1) is 0 Å². The van der Waals surface area contributed by atoms with E-state index in [9.17, 15) is 18.0 Å². The van der Waals surface area contributed by atoms with Gasteiger partial charge in [0.05, 0.1) is 11.9 Å². The standard InChI is InChI=1S/C25H33Cl2N3O4S/c1-7-22(24(32)28-25(3,4)5)29(15-18-10-11-19(26)14-21(18)27)23(31)16-30(35(6,33)34)20-12-8-17(2)9-13-20/h8-14,22H,7,15-16H2,1-6H3,(H,28,32)/t22-/m0/s1. The lowest BCUT2D eigenvalue weighted by molar-refractivity contribution is -0.141. The second-order valence-electron chi connectivity index (χ2n) is 9.53. The smallest absolute Gasteiger partial charge is 0.244 e. The van der Waals surface area contributed by atoms with Crippen LogP contribution in [-0.4, -0.2) is 49.5 Å². The molecule has 2 rings (SSSR count). The van der Waals surface area contributed by atoms with Crippen molar-refractivity contribution in [2.24, 2.45) is 0 Å². The fourth-order valence-corrected chi connectivity index (χ4v) is 4.85. The van der Waals surface area contributed by atoms with Gasteiger partial charge in [-0.25, -0.2) is 8.42 Å². The number of halogens is 2. The Kier molecular flexibility index (Phi) is 9.62. The summed E-state index contributed by atoms with van der Waals surface area (Å²) in [6.07, 6.45) is 1.37. The predicted octanol–water partition coefficient (Wildman–Crippen LogP) is 4.79. The Labute approximate surface area is 218 Å². The number of rotatable bonds is 9. The minimum atomic E-state index is -3.79. The zero-order valence-electron chi connectivity index (χ0n) is 20.9. The fraction of sp³-hybridized carbons (Fsp3) is 0.440. The number of carbonyl (C=O) groups is 2. The summed E-state index contributed by atoms with van der Waals surface area (Å²) >= 11 is 12.4. The van der Waals surface area contributed by atoms with Crippen molar-refractivity contribution in [3.8, 4) is 0 Å². The molecule has 0 aliphatic carbocycles. The Morgan fingerprint density at radius 3 is 2.14 bits per heavy atom. The third-order valence-electron chi connectivity index (χ3n) is 5.24. The average molecular weight is 543 g/mol. The highest BCUT2D eigenvalue weighted by atomic mass is 35.5. The maximum atomic E-state index is 13.7. The summed E-state index contributed by atoms with van der Waals surface area (Å²) < 4.78 is 26.3. The van der Waals surface area contributed by atoms with Crippen LogP contribution in [0.3, 0.4) is 0 Å². The van der Waals surface area contributed by atoms with Gasteiger partial charge in [-0.05, 0) is 63.9 Å². The molecule has 2 aromatic carbocycles. The summed E-state index contributed by atoms with van der Waals surface area (Å²) in [6.45, 7) is 8.78. The third-order valence-corrected chi connectivity index (χ3v) is 6.97. The van der Waals surface area contributed by atoms with E-state index in [1.54, 1.807) is 49.4 Å². The monoisotopic (exact) mass is 541 g/mol. The van der Waals surface area contributed by atoms with Crippen LogP contribution in [0.5, 0.6) is 0 Å². The molecule has 1 N–H and O–H groups in total. The highest BCUT2D eigenvalue weighted by molar-refractivity contribution is 7.92. The molecule has 0 bridgehead atoms. The summed E-state index contributed by atoms with van der Waals surface area (Å²) in [5.41, 5.74) is 1.39. The molecule has 0 saturated carbocycles. The van der Waals surface area contributed by atoms with Crippen molar-refractivity contribution in [3.05, 3.63) is 63.6 Å². The largest absolute Gasteiger partial charge is 0.350 e. The minimum absolute atomic E-state index is 0.0103. The zero-order valence-corrected chi connectivity index (χ0v) is 23.3. The molecule has 0 saturated heterocycles. The first-order valence-corrected chi connectivity index (χ1v) is 13.8. The molecule has 0 unspecified atom stereocenters. The molecular formula is C25H33Cl2N3O4S. The molecule has 10 heteroatoms. The van der Waals surface area contributed by atoms with Gasteiger partial charge in [0.25, 0.3) is 0 Å². The Hall–Kier alpha value is -2.29. The highest BCUT2D eigenvalue weighted by Gasteiger charge is 2.33. The van der Waals surface area contributed by atoms with Crippen LogP contribution in [0.15, 0.2) is 42.5 Å². The topological polar surface area (TPSA) is 86.8 Å². The van der Waals surface area contributed by atoms with Gasteiger partial charge in [0.2, 0.25) is 21.8 Å². The van der Waals surface area contributed by atoms with Gasteiger partial charge in [-0.1, -0.05) is 53.9 Å². The Bertz CT molecular complexity index is 1160. The van der Waals surface area contributed by atoms with Crippen LogP contribution in [0.4, 0.5) is 5.69 Å². The minimum Gasteiger partial charge on any atom is -0.350 e. The molecule has 0 aromatic heterocycles. The van der Waals surface area contributed by atoms with E-state index in [1.807, 2.05) is 27.7 Å². The van der Waals surface area contributed by atoms with Crippen molar-refractivity contribution in [2.75, 3.05) is 17.1 Å². The number of sulfonamides is 1. The second kappa shape index (κ2) is 11.6. The number of nitrogens with zero attached hydrogens (tertiary/aromatic N) is 2. The maximum absolute atomic E-state index is 13.7. The second-order valence-corrected chi connectivity index (χ2v) is 12.3. The molecule has 35 heavy (non-hydrogen) atoms. The van der Waals surface area contributed by atoms with Gasteiger partial charge in [-0.2, -0.15) is 0 Å². The van der Waals surface area contributed by atoms with Crippen LogP contribution in [0.1, 0.15) is 45.2 Å². The molecule has 2 amide bonds. The van der Waals surface area contributed by atoms with E-state index in [4.69, 9.17) is 23.2 Å². The van der Waals surface area contributed by atoms with Crippen molar-refractivity contribution in [2.45, 2.75) is 59.2 Å². The first-order valence-electron chi connectivity index (χ1n) is 11.2. The number of hydrogen-bond acceptors (Lipinski definition) is 4. The molecule has 0 radical (unpaired) electrons. The summed E-state index contributed by atoms with van der Waals surface area (Å²) in [4.78, 5) is 28.2. The van der Waals surface area contributed by atoms with Crippen molar-refractivity contribution < 1.29 is 18.0 Å². The van der Waals surface area contributed by atoms with Gasteiger partial charge >= 0.3 is 0 Å². The summed E-state index contributed by atoms with van der Waals surface area (Å²) in [5.74, 6) is -0.863. The molecule has 7 nitrogen and oxygen atoms in total. The first kappa shape index (κ1) is 28.9. The maximum Gasteiger partial charge on any atom is 0.244 e. The van der Waals surface area contributed by atoms with Gasteiger partial charge in [0.1, 0.15) is 12.6 Å². The molecule has 0 aliphatic rings. The Morgan fingerprint density at radius 1 is 1.06 bits per heavy atom. The number of hydrogen-bond donors (Lipinski definition) is 1. The van der Waals surface area contributed by atoms with E-state index in [1.165, 1.54) is 4.90 Å². The summed E-state index contributed by atoms with van der Waals surface area (Å²) in [5, 5.41) is 3.71. The third kappa shape index (κ3) is 8.40. The van der Waals surface area contributed by atoms with Crippen LogP contribution >= 0.6 is 23.2 Å². The van der Waals surface area contributed by atoms with Gasteiger partial charge < -0.3 is 10.2 Å². The summed E-state index contributed by atoms with van der Waals surface area (Å²) in [6, 6.07) is 10.9. The van der Waals surface area contributed by atoms with Crippen LogP contribution in [0, 0.1) is 6.92 Å². The molecule has 0 aliphatic heterocycles. The Morgan fingerprint density at radius 2 is 1.66 bits per heavy atom. The molecule has 192 valence electrons. The lowest BCUT2D eigenvalue weighted by atomic mass is 10.1. The molecular weight excluding hydrogens is 509 g/mol. The first-order chi connectivity index (χ1) is 16.1. The predicted molar refractivity (Wildman–Crippen MR) is 142 cm³/mol. The van der Waals surface area contributed by atoms with E-state index in [0.717, 1.165) is 16.1 Å². The lowest BCUT2D eigenvalue weighted by Gasteiger charge is -2.34. The molecule has 0 heterocycles. The number of aryl methyl sites for hydroxylation is 1. The Balaban J connectivity index is 2.48. The fourth-order valence-electron chi connectivity index (χ4n) is 3.53. The quantitative estimate of drug-likeness (QED) is 0.494. The molecule has 2 aromatic rings. The number of anilines is 1. The van der Waals surface area contributed by atoms with Crippen molar-refractivity contribution >= 4 is 50.7 Å².